The molecule has 3 heterocycles. The molecular weight excluding hydrogens is 557 g/mol. The Labute approximate surface area is 232 Å². The number of aromatic nitrogens is 2. The van der Waals surface area contributed by atoms with Gasteiger partial charge in [0, 0.05) is 54.5 Å². The molecule has 1 aromatic carbocycles. The number of ether oxygens (including phenoxy) is 1. The smallest absolute Gasteiger partial charge is 0.267 e. The van der Waals surface area contributed by atoms with Crippen molar-refractivity contribution in [1.29, 1.82) is 0 Å². The average Bonchev–Trinajstić information content (AvgIpc) is 3.26. The van der Waals surface area contributed by atoms with E-state index >= 15 is 0 Å². The number of halogens is 3. The maximum absolute atomic E-state index is 13.3. The second kappa shape index (κ2) is 11.8. The van der Waals surface area contributed by atoms with Crippen molar-refractivity contribution in [3.8, 4) is 5.75 Å². The van der Waals surface area contributed by atoms with Crippen LogP contribution in [0.15, 0.2) is 60.4 Å². The van der Waals surface area contributed by atoms with Crippen molar-refractivity contribution in [2.45, 2.75) is 6.54 Å². The van der Waals surface area contributed by atoms with Crippen LogP contribution in [-0.2, 0) is 6.54 Å². The first-order valence-electron chi connectivity index (χ1n) is 10.8. The van der Waals surface area contributed by atoms with E-state index < -0.39 is 11.8 Å². The third-order valence-electron chi connectivity index (χ3n) is 5.26. The van der Waals surface area contributed by atoms with Crippen molar-refractivity contribution < 1.29 is 14.3 Å². The minimum Gasteiger partial charge on any atom is -0.494 e. The molecule has 0 spiro atoms. The highest BCUT2D eigenvalue weighted by Crippen LogP contribution is 2.35. The number of methoxy groups -OCH3 is 1. The normalized spacial score (nSPS) is 10.6. The molecular formula is C25H20Cl3N5O3S. The van der Waals surface area contributed by atoms with E-state index in [0.29, 0.717) is 21.5 Å². The van der Waals surface area contributed by atoms with Gasteiger partial charge in [0.05, 0.1) is 28.4 Å². The molecule has 37 heavy (non-hydrogen) atoms. The molecule has 12 heteroatoms. The van der Waals surface area contributed by atoms with Crippen molar-refractivity contribution in [2.75, 3.05) is 29.7 Å². The SMILES string of the molecule is COc1cc(Cl)cc(C(=O)Nc2ccc(Cl)cn2)c1NC(=O)c1scc(CN(C)c2ccncc2)c1Cl. The molecule has 0 saturated carbocycles. The van der Waals surface area contributed by atoms with Crippen LogP contribution in [0.4, 0.5) is 17.2 Å². The Kier molecular flexibility index (Phi) is 8.50. The third kappa shape index (κ3) is 6.31. The quantitative estimate of drug-likeness (QED) is 0.244. The first-order chi connectivity index (χ1) is 17.8. The van der Waals surface area contributed by atoms with Crippen LogP contribution in [0.25, 0.3) is 0 Å². The van der Waals surface area contributed by atoms with Crippen molar-refractivity contribution in [2.24, 2.45) is 0 Å². The molecule has 0 fully saturated rings. The molecule has 190 valence electrons. The summed E-state index contributed by atoms with van der Waals surface area (Å²) in [6.45, 7) is 0.485. The number of rotatable bonds is 8. The summed E-state index contributed by atoms with van der Waals surface area (Å²) in [4.78, 5) is 36.8. The Balaban J connectivity index is 1.58. The monoisotopic (exact) mass is 575 g/mol. The predicted molar refractivity (Wildman–Crippen MR) is 149 cm³/mol. The van der Waals surface area contributed by atoms with E-state index in [2.05, 4.69) is 20.6 Å². The topological polar surface area (TPSA) is 96.4 Å². The van der Waals surface area contributed by atoms with Gasteiger partial charge in [-0.15, -0.1) is 11.3 Å². The predicted octanol–water partition coefficient (Wildman–Crippen LogP) is 6.65. The Hall–Kier alpha value is -3.37. The van der Waals surface area contributed by atoms with Crippen molar-refractivity contribution in [1.82, 2.24) is 9.97 Å². The van der Waals surface area contributed by atoms with Gasteiger partial charge in [-0.05, 0) is 35.7 Å². The zero-order valence-corrected chi connectivity index (χ0v) is 22.7. The Morgan fingerprint density at radius 1 is 1.03 bits per heavy atom. The molecule has 8 nitrogen and oxygen atoms in total. The van der Waals surface area contributed by atoms with Crippen molar-refractivity contribution >= 4 is 75.1 Å². The highest BCUT2D eigenvalue weighted by Gasteiger charge is 2.23. The summed E-state index contributed by atoms with van der Waals surface area (Å²) in [7, 11) is 3.33. The van der Waals surface area contributed by atoms with E-state index in [1.165, 1.54) is 36.8 Å². The van der Waals surface area contributed by atoms with Gasteiger partial charge in [-0.2, -0.15) is 0 Å². The number of pyridine rings is 2. The molecule has 0 saturated heterocycles. The molecule has 3 aromatic heterocycles. The summed E-state index contributed by atoms with van der Waals surface area (Å²) < 4.78 is 5.40. The highest BCUT2D eigenvalue weighted by atomic mass is 35.5. The molecule has 0 atom stereocenters. The number of hydrogen-bond acceptors (Lipinski definition) is 7. The van der Waals surface area contributed by atoms with Crippen LogP contribution < -0.4 is 20.3 Å². The number of hydrogen-bond donors (Lipinski definition) is 2. The molecule has 0 unspecified atom stereocenters. The van der Waals surface area contributed by atoms with Crippen LogP contribution in [-0.4, -0.2) is 35.9 Å². The minimum absolute atomic E-state index is 0.0831. The molecule has 0 aliphatic carbocycles. The Morgan fingerprint density at radius 2 is 1.78 bits per heavy atom. The fraction of sp³-hybridized carbons (Fsp3) is 0.120. The van der Waals surface area contributed by atoms with E-state index in [0.717, 1.165) is 11.3 Å². The van der Waals surface area contributed by atoms with Gasteiger partial charge >= 0.3 is 0 Å². The summed E-state index contributed by atoms with van der Waals surface area (Å²) in [6, 6.07) is 9.83. The van der Waals surface area contributed by atoms with E-state index in [1.807, 2.05) is 29.5 Å². The third-order valence-corrected chi connectivity index (χ3v) is 7.27. The molecule has 4 rings (SSSR count). The fourth-order valence-electron chi connectivity index (χ4n) is 3.44. The average molecular weight is 577 g/mol. The second-order valence-corrected chi connectivity index (χ2v) is 9.90. The lowest BCUT2D eigenvalue weighted by Crippen LogP contribution is -2.19. The van der Waals surface area contributed by atoms with Gasteiger partial charge in [0.1, 0.15) is 16.4 Å². The molecule has 2 N–H and O–H groups in total. The van der Waals surface area contributed by atoms with Gasteiger partial charge in [0.25, 0.3) is 11.8 Å². The Bertz CT molecular complexity index is 1430. The lowest BCUT2D eigenvalue weighted by atomic mass is 10.1. The minimum atomic E-state index is -0.553. The molecule has 2 amide bonds. The van der Waals surface area contributed by atoms with E-state index in [1.54, 1.807) is 24.5 Å². The van der Waals surface area contributed by atoms with Gasteiger partial charge < -0.3 is 20.3 Å². The Morgan fingerprint density at radius 3 is 2.46 bits per heavy atom. The number of thiophene rings is 1. The lowest BCUT2D eigenvalue weighted by Gasteiger charge is -2.18. The van der Waals surface area contributed by atoms with E-state index in [9.17, 15) is 9.59 Å². The van der Waals surface area contributed by atoms with Crippen LogP contribution in [0.5, 0.6) is 5.75 Å². The molecule has 0 bridgehead atoms. The van der Waals surface area contributed by atoms with Crippen LogP contribution >= 0.6 is 46.1 Å². The summed E-state index contributed by atoms with van der Waals surface area (Å²) in [5, 5.41) is 8.26. The van der Waals surface area contributed by atoms with Crippen LogP contribution in [0.1, 0.15) is 25.6 Å². The van der Waals surface area contributed by atoms with Gasteiger partial charge in [-0.1, -0.05) is 34.8 Å². The summed E-state index contributed by atoms with van der Waals surface area (Å²) in [5.41, 5.74) is 1.97. The number of amides is 2. The molecule has 0 aliphatic rings. The summed E-state index contributed by atoms with van der Waals surface area (Å²) >= 11 is 19.9. The summed E-state index contributed by atoms with van der Waals surface area (Å²) in [6.07, 6.45) is 4.81. The van der Waals surface area contributed by atoms with Gasteiger partial charge in [-0.25, -0.2) is 4.98 Å². The standard InChI is InChI=1S/C25H20Cl3N5O3S/c1-33(17-5-7-29-8-6-17)12-14-13-37-23(21(14)28)25(35)32-22-18(9-16(27)10-19(22)36-2)24(34)31-20-4-3-15(26)11-30-20/h3-11,13H,12H2,1-2H3,(H,32,35)(H,30,31,34). The molecule has 0 aliphatic heterocycles. The van der Waals surface area contributed by atoms with Crippen molar-refractivity contribution in [3.63, 3.8) is 0 Å². The second-order valence-electron chi connectivity index (χ2n) is 7.77. The van der Waals surface area contributed by atoms with Crippen molar-refractivity contribution in [3.05, 3.63) is 91.4 Å². The van der Waals surface area contributed by atoms with Gasteiger partial charge in [0.2, 0.25) is 0 Å². The van der Waals surface area contributed by atoms with Gasteiger partial charge in [-0.3, -0.25) is 14.6 Å². The zero-order valence-electron chi connectivity index (χ0n) is 19.6. The van der Waals surface area contributed by atoms with E-state index in [4.69, 9.17) is 39.5 Å². The lowest BCUT2D eigenvalue weighted by molar-refractivity contribution is 0.102. The first-order valence-corrected chi connectivity index (χ1v) is 12.8. The number of nitrogens with zero attached hydrogens (tertiary/aromatic N) is 3. The molecule has 4 aromatic rings. The number of carbonyl (C=O) groups is 2. The fourth-order valence-corrected chi connectivity index (χ4v) is 5.00. The van der Waals surface area contributed by atoms with Crippen LogP contribution in [0, 0.1) is 0 Å². The maximum Gasteiger partial charge on any atom is 0.267 e. The first kappa shape index (κ1) is 26.7. The highest BCUT2D eigenvalue weighted by molar-refractivity contribution is 7.13. The number of nitrogens with one attached hydrogen (secondary N) is 2. The van der Waals surface area contributed by atoms with Crippen LogP contribution in [0.3, 0.4) is 0 Å². The van der Waals surface area contributed by atoms with Gasteiger partial charge in [0.15, 0.2) is 0 Å². The summed E-state index contributed by atoms with van der Waals surface area (Å²) in [5.74, 6) is -0.565. The number of benzene rings is 1. The largest absolute Gasteiger partial charge is 0.494 e. The number of anilines is 3. The van der Waals surface area contributed by atoms with Crippen LogP contribution in [0.2, 0.25) is 15.1 Å². The van der Waals surface area contributed by atoms with E-state index in [-0.39, 0.29) is 27.8 Å². The molecule has 0 radical (unpaired) electrons. The maximum atomic E-state index is 13.3. The number of carbonyl (C=O) groups excluding carboxylic acids is 2. The zero-order chi connectivity index (χ0) is 26.5.